The predicted octanol–water partition coefficient (Wildman–Crippen LogP) is 4.64. The van der Waals surface area contributed by atoms with Gasteiger partial charge in [-0.2, -0.15) is 0 Å². The SMILES string of the molecule is C=C(/C=C\C(=C/C)C1CCN(CC(C)C)CC1)C(=O)C(C)C. The number of nitrogens with zero attached hydrogens (tertiary/aromatic N) is 1. The van der Waals surface area contributed by atoms with E-state index in [2.05, 4.69) is 44.4 Å². The molecule has 1 heterocycles. The number of ketones is 1. The van der Waals surface area contributed by atoms with Gasteiger partial charge in [-0.3, -0.25) is 4.79 Å². The first-order valence-corrected chi connectivity index (χ1v) is 8.64. The van der Waals surface area contributed by atoms with Crippen LogP contribution < -0.4 is 0 Å². The van der Waals surface area contributed by atoms with Crippen LogP contribution in [0, 0.1) is 17.8 Å². The minimum absolute atomic E-state index is 0.0190. The summed E-state index contributed by atoms with van der Waals surface area (Å²) in [5.74, 6) is 1.51. The Morgan fingerprint density at radius 1 is 1.18 bits per heavy atom. The maximum absolute atomic E-state index is 11.9. The standard InChI is InChI=1S/C20H33NO/c1-7-18(9-8-17(6)20(22)16(4)5)19-10-12-21(13-11-19)14-15(2)3/h7-9,15-16,19H,6,10-14H2,1-5H3/b9-8-,18-7+. The number of hydrogen-bond acceptors (Lipinski definition) is 2. The normalized spacial score (nSPS) is 18.6. The van der Waals surface area contributed by atoms with Crippen molar-refractivity contribution in [1.29, 1.82) is 0 Å². The number of rotatable bonds is 7. The fourth-order valence-electron chi connectivity index (χ4n) is 3.08. The summed E-state index contributed by atoms with van der Waals surface area (Å²) in [5.41, 5.74) is 1.97. The minimum Gasteiger partial charge on any atom is -0.303 e. The molecule has 0 amide bonds. The Morgan fingerprint density at radius 3 is 2.23 bits per heavy atom. The Labute approximate surface area is 137 Å². The molecule has 1 aliphatic heterocycles. The highest BCUT2D eigenvalue weighted by atomic mass is 16.1. The number of hydrogen-bond donors (Lipinski definition) is 0. The van der Waals surface area contributed by atoms with Gasteiger partial charge in [0.05, 0.1) is 0 Å². The van der Waals surface area contributed by atoms with Gasteiger partial charge in [-0.25, -0.2) is 0 Å². The molecule has 1 fully saturated rings. The molecular weight excluding hydrogens is 270 g/mol. The average molecular weight is 303 g/mol. The maximum Gasteiger partial charge on any atom is 0.164 e. The summed E-state index contributed by atoms with van der Waals surface area (Å²) in [7, 11) is 0. The summed E-state index contributed by atoms with van der Waals surface area (Å²) in [5, 5.41) is 0. The van der Waals surface area contributed by atoms with E-state index in [1.165, 1.54) is 38.0 Å². The van der Waals surface area contributed by atoms with Gasteiger partial charge < -0.3 is 4.90 Å². The first-order chi connectivity index (χ1) is 10.3. The maximum atomic E-state index is 11.9. The van der Waals surface area contributed by atoms with Crippen molar-refractivity contribution in [2.24, 2.45) is 17.8 Å². The Bertz CT molecular complexity index is 435. The highest BCUT2D eigenvalue weighted by Gasteiger charge is 2.21. The summed E-state index contributed by atoms with van der Waals surface area (Å²) in [4.78, 5) is 14.5. The van der Waals surface area contributed by atoms with Crippen molar-refractivity contribution in [1.82, 2.24) is 4.90 Å². The summed E-state index contributed by atoms with van der Waals surface area (Å²) in [6.07, 6.45) is 8.61. The average Bonchev–Trinajstić information content (AvgIpc) is 2.47. The van der Waals surface area contributed by atoms with Crippen molar-refractivity contribution in [2.45, 2.75) is 47.5 Å². The number of allylic oxidation sites excluding steroid dienone is 5. The fraction of sp³-hybridized carbons (Fsp3) is 0.650. The molecule has 2 nitrogen and oxygen atoms in total. The monoisotopic (exact) mass is 303 g/mol. The van der Waals surface area contributed by atoms with Gasteiger partial charge in [-0.1, -0.05) is 52.5 Å². The van der Waals surface area contributed by atoms with Gasteiger partial charge in [0, 0.05) is 18.0 Å². The van der Waals surface area contributed by atoms with Crippen LogP contribution in [0.15, 0.2) is 36.0 Å². The lowest BCUT2D eigenvalue weighted by atomic mass is 9.87. The number of Topliss-reactive ketones (excluding diaryl/α,β-unsaturated/α-hetero) is 1. The number of carbonyl (C=O) groups excluding carboxylic acids is 1. The largest absolute Gasteiger partial charge is 0.303 e. The van der Waals surface area contributed by atoms with E-state index in [4.69, 9.17) is 0 Å². The van der Waals surface area contributed by atoms with E-state index >= 15 is 0 Å². The van der Waals surface area contributed by atoms with Crippen LogP contribution in [-0.4, -0.2) is 30.3 Å². The predicted molar refractivity (Wildman–Crippen MR) is 95.9 cm³/mol. The van der Waals surface area contributed by atoms with Crippen LogP contribution in [0.4, 0.5) is 0 Å². The van der Waals surface area contributed by atoms with Gasteiger partial charge in [0.15, 0.2) is 5.78 Å². The lowest BCUT2D eigenvalue weighted by Crippen LogP contribution is -2.36. The van der Waals surface area contributed by atoms with E-state index < -0.39 is 0 Å². The summed E-state index contributed by atoms with van der Waals surface area (Å²) in [6.45, 7) is 18.0. The van der Waals surface area contributed by atoms with E-state index in [-0.39, 0.29) is 11.7 Å². The second-order valence-electron chi connectivity index (χ2n) is 7.13. The minimum atomic E-state index is 0.0190. The van der Waals surface area contributed by atoms with Crippen molar-refractivity contribution in [3.05, 3.63) is 36.0 Å². The van der Waals surface area contributed by atoms with Gasteiger partial charge in [-0.15, -0.1) is 0 Å². The third kappa shape index (κ3) is 5.92. The van der Waals surface area contributed by atoms with Crippen LogP contribution in [-0.2, 0) is 4.79 Å². The van der Waals surface area contributed by atoms with Crippen LogP contribution in [0.1, 0.15) is 47.5 Å². The second kappa shape index (κ2) is 9.09. The van der Waals surface area contributed by atoms with Crippen molar-refractivity contribution >= 4 is 5.78 Å². The molecule has 0 bridgehead atoms. The third-order valence-electron chi connectivity index (χ3n) is 4.33. The molecule has 1 aliphatic rings. The molecule has 0 saturated carbocycles. The molecule has 1 saturated heterocycles. The molecule has 124 valence electrons. The Kier molecular flexibility index (Phi) is 7.81. The number of piperidine rings is 1. The van der Waals surface area contributed by atoms with Crippen LogP contribution >= 0.6 is 0 Å². The lowest BCUT2D eigenvalue weighted by Gasteiger charge is -2.33. The smallest absolute Gasteiger partial charge is 0.164 e. The summed E-state index contributed by atoms with van der Waals surface area (Å²) in [6, 6.07) is 0. The zero-order valence-corrected chi connectivity index (χ0v) is 15.1. The molecule has 0 aromatic heterocycles. The van der Waals surface area contributed by atoms with Gasteiger partial charge in [-0.05, 0) is 50.3 Å². The van der Waals surface area contributed by atoms with Crippen molar-refractivity contribution < 1.29 is 4.79 Å². The van der Waals surface area contributed by atoms with Gasteiger partial charge >= 0.3 is 0 Å². The molecule has 0 aliphatic carbocycles. The first kappa shape index (κ1) is 18.9. The molecule has 0 radical (unpaired) electrons. The first-order valence-electron chi connectivity index (χ1n) is 8.64. The molecule has 0 aromatic rings. The van der Waals surface area contributed by atoms with Crippen LogP contribution in [0.2, 0.25) is 0 Å². The quantitative estimate of drug-likeness (QED) is 0.504. The Hall–Kier alpha value is -1.15. The highest BCUT2D eigenvalue weighted by molar-refractivity contribution is 5.98. The molecule has 0 atom stereocenters. The van der Waals surface area contributed by atoms with E-state index in [9.17, 15) is 4.79 Å². The van der Waals surface area contributed by atoms with Crippen molar-refractivity contribution in [2.75, 3.05) is 19.6 Å². The van der Waals surface area contributed by atoms with Crippen molar-refractivity contribution in [3.63, 3.8) is 0 Å². The molecule has 0 N–H and O–H groups in total. The lowest BCUT2D eigenvalue weighted by molar-refractivity contribution is -0.117. The molecule has 22 heavy (non-hydrogen) atoms. The molecule has 0 unspecified atom stereocenters. The molecule has 1 rings (SSSR count). The van der Waals surface area contributed by atoms with Gasteiger partial charge in [0.1, 0.15) is 0 Å². The summed E-state index contributed by atoms with van der Waals surface area (Å²) < 4.78 is 0. The van der Waals surface area contributed by atoms with E-state index in [0.717, 1.165) is 5.92 Å². The van der Waals surface area contributed by atoms with Crippen molar-refractivity contribution in [3.8, 4) is 0 Å². The second-order valence-corrected chi connectivity index (χ2v) is 7.13. The van der Waals surface area contributed by atoms with Gasteiger partial charge in [0.2, 0.25) is 0 Å². The van der Waals surface area contributed by atoms with Gasteiger partial charge in [0.25, 0.3) is 0 Å². The highest BCUT2D eigenvalue weighted by Crippen LogP contribution is 2.26. The Balaban J connectivity index is 2.56. The van der Waals surface area contributed by atoms with Crippen LogP contribution in [0.3, 0.4) is 0 Å². The Morgan fingerprint density at radius 2 is 1.77 bits per heavy atom. The topological polar surface area (TPSA) is 20.3 Å². The van der Waals surface area contributed by atoms with Crippen LogP contribution in [0.25, 0.3) is 0 Å². The molecule has 0 spiro atoms. The van der Waals surface area contributed by atoms with E-state index in [1.807, 2.05) is 19.9 Å². The zero-order valence-electron chi connectivity index (χ0n) is 15.1. The third-order valence-corrected chi connectivity index (χ3v) is 4.33. The molecule has 2 heteroatoms. The van der Waals surface area contributed by atoms with Crippen LogP contribution in [0.5, 0.6) is 0 Å². The van der Waals surface area contributed by atoms with E-state index in [0.29, 0.717) is 11.5 Å². The fourth-order valence-corrected chi connectivity index (χ4v) is 3.08. The summed E-state index contributed by atoms with van der Waals surface area (Å²) >= 11 is 0. The van der Waals surface area contributed by atoms with E-state index in [1.54, 1.807) is 0 Å². The number of likely N-dealkylation sites (tertiary alicyclic amines) is 1. The molecule has 0 aromatic carbocycles. The zero-order chi connectivity index (χ0) is 16.7. The molecular formula is C20H33NO. The number of carbonyl (C=O) groups is 1.